The molecule has 0 unspecified atom stereocenters. The van der Waals surface area contributed by atoms with E-state index in [-0.39, 0.29) is 10.7 Å². The summed E-state index contributed by atoms with van der Waals surface area (Å²) in [6.45, 7) is 9.24. The number of anilines is 2. The van der Waals surface area contributed by atoms with Crippen molar-refractivity contribution in [3.8, 4) is 0 Å². The summed E-state index contributed by atoms with van der Waals surface area (Å²) in [4.78, 5) is 0.206. The molecule has 0 spiro atoms. The summed E-state index contributed by atoms with van der Waals surface area (Å²) in [5.74, 6) is 1.78. The van der Waals surface area contributed by atoms with Gasteiger partial charge in [-0.3, -0.25) is 4.72 Å². The van der Waals surface area contributed by atoms with E-state index in [1.807, 2.05) is 12.1 Å². The second-order valence-corrected chi connectivity index (χ2v) is 8.42. The van der Waals surface area contributed by atoms with E-state index in [2.05, 4.69) is 47.9 Å². The number of benzene rings is 1. The topological polar surface area (TPSA) is 84.0 Å². The molecule has 0 saturated carbocycles. The molecule has 2 rings (SSSR count). The molecular formula is C18H26N4O2S. The molecule has 25 heavy (non-hydrogen) atoms. The van der Waals surface area contributed by atoms with Gasteiger partial charge in [0.05, 0.1) is 4.90 Å². The molecule has 1 heterocycles. The monoisotopic (exact) mass is 362 g/mol. The van der Waals surface area contributed by atoms with Gasteiger partial charge in [0.25, 0.3) is 10.0 Å². The van der Waals surface area contributed by atoms with Crippen LogP contribution < -0.4 is 10.0 Å². The highest BCUT2D eigenvalue weighted by molar-refractivity contribution is 7.92. The van der Waals surface area contributed by atoms with Crippen molar-refractivity contribution < 1.29 is 8.42 Å². The Morgan fingerprint density at radius 1 is 0.920 bits per heavy atom. The minimum absolute atomic E-state index is 0.197. The van der Waals surface area contributed by atoms with E-state index >= 15 is 0 Å². The number of hydrogen-bond donors (Lipinski definition) is 2. The fourth-order valence-electron chi connectivity index (χ4n) is 2.20. The Kier molecular flexibility index (Phi) is 6.36. The lowest BCUT2D eigenvalue weighted by molar-refractivity contribution is 0.600. The molecule has 7 heteroatoms. The van der Waals surface area contributed by atoms with E-state index in [9.17, 15) is 8.42 Å². The van der Waals surface area contributed by atoms with Gasteiger partial charge in [-0.05, 0) is 48.1 Å². The third-order valence-electron chi connectivity index (χ3n) is 3.79. The molecule has 0 fully saturated rings. The van der Waals surface area contributed by atoms with Crippen LogP contribution in [0.2, 0.25) is 0 Å². The van der Waals surface area contributed by atoms with Gasteiger partial charge >= 0.3 is 0 Å². The number of hydrogen-bond acceptors (Lipinski definition) is 5. The maximum Gasteiger partial charge on any atom is 0.263 e. The van der Waals surface area contributed by atoms with Crippen LogP contribution in [0, 0.1) is 5.92 Å². The summed E-state index contributed by atoms with van der Waals surface area (Å²) in [6, 6.07) is 10.2. The summed E-state index contributed by atoms with van der Waals surface area (Å²) >= 11 is 0. The molecule has 6 nitrogen and oxygen atoms in total. The number of nitrogens with zero attached hydrogens (tertiary/aromatic N) is 2. The maximum atomic E-state index is 12.4. The molecule has 0 aliphatic rings. The van der Waals surface area contributed by atoms with Crippen molar-refractivity contribution in [2.45, 2.75) is 44.9 Å². The van der Waals surface area contributed by atoms with Gasteiger partial charge in [0, 0.05) is 6.54 Å². The van der Waals surface area contributed by atoms with Gasteiger partial charge in [0.1, 0.15) is 5.82 Å². The van der Waals surface area contributed by atoms with Crippen LogP contribution in [0.4, 0.5) is 11.6 Å². The van der Waals surface area contributed by atoms with E-state index in [1.54, 1.807) is 24.3 Å². The first-order valence-corrected chi connectivity index (χ1v) is 9.96. The molecule has 1 aromatic carbocycles. The smallest absolute Gasteiger partial charge is 0.263 e. The second kappa shape index (κ2) is 8.29. The van der Waals surface area contributed by atoms with Crippen molar-refractivity contribution >= 4 is 21.7 Å². The molecule has 2 N–H and O–H groups in total. The average Bonchev–Trinajstić information content (AvgIpc) is 2.56. The average molecular weight is 362 g/mol. The highest BCUT2D eigenvalue weighted by Gasteiger charge is 2.15. The first-order valence-electron chi connectivity index (χ1n) is 8.48. The Balaban J connectivity index is 2.02. The van der Waals surface area contributed by atoms with E-state index in [0.29, 0.717) is 17.7 Å². The highest BCUT2D eigenvalue weighted by atomic mass is 32.2. The van der Waals surface area contributed by atoms with Gasteiger partial charge in [0.2, 0.25) is 0 Å². The van der Waals surface area contributed by atoms with Gasteiger partial charge in [-0.2, -0.15) is 0 Å². The van der Waals surface area contributed by atoms with Gasteiger partial charge in [0.15, 0.2) is 5.82 Å². The molecule has 1 aromatic heterocycles. The number of rotatable bonds is 8. The van der Waals surface area contributed by atoms with E-state index < -0.39 is 10.0 Å². The van der Waals surface area contributed by atoms with Crippen LogP contribution in [-0.4, -0.2) is 25.2 Å². The van der Waals surface area contributed by atoms with Gasteiger partial charge < -0.3 is 5.32 Å². The minimum atomic E-state index is -3.67. The van der Waals surface area contributed by atoms with Gasteiger partial charge in [-0.1, -0.05) is 39.8 Å². The summed E-state index contributed by atoms with van der Waals surface area (Å²) in [7, 11) is -3.67. The van der Waals surface area contributed by atoms with Crippen LogP contribution in [0.5, 0.6) is 0 Å². The fourth-order valence-corrected chi connectivity index (χ4v) is 3.19. The zero-order valence-electron chi connectivity index (χ0n) is 15.2. The molecule has 0 bridgehead atoms. The van der Waals surface area contributed by atoms with E-state index in [4.69, 9.17) is 0 Å². The van der Waals surface area contributed by atoms with Crippen LogP contribution in [0.3, 0.4) is 0 Å². The molecule has 2 aromatic rings. The first-order chi connectivity index (χ1) is 11.8. The normalized spacial score (nSPS) is 11.8. The van der Waals surface area contributed by atoms with Crippen LogP contribution in [0.25, 0.3) is 0 Å². The fraction of sp³-hybridized carbons (Fsp3) is 0.444. The van der Waals surface area contributed by atoms with Crippen molar-refractivity contribution in [1.29, 1.82) is 0 Å². The van der Waals surface area contributed by atoms with E-state index in [1.165, 1.54) is 0 Å². The summed E-state index contributed by atoms with van der Waals surface area (Å²) in [6.07, 6.45) is 1.03. The predicted molar refractivity (Wildman–Crippen MR) is 101 cm³/mol. The molecule has 0 radical (unpaired) electrons. The largest absolute Gasteiger partial charge is 0.369 e. The zero-order valence-corrected chi connectivity index (χ0v) is 16.0. The zero-order chi connectivity index (χ0) is 18.4. The molecule has 136 valence electrons. The number of nitrogens with one attached hydrogen (secondary N) is 2. The molecule has 0 atom stereocenters. The summed E-state index contributed by atoms with van der Waals surface area (Å²) in [5, 5.41) is 11.1. The van der Waals surface area contributed by atoms with Crippen LogP contribution >= 0.6 is 0 Å². The van der Waals surface area contributed by atoms with Crippen molar-refractivity contribution in [2.24, 2.45) is 5.92 Å². The number of sulfonamides is 1. The van der Waals surface area contributed by atoms with Crippen molar-refractivity contribution in [3.63, 3.8) is 0 Å². The van der Waals surface area contributed by atoms with E-state index in [0.717, 1.165) is 18.5 Å². The SMILES string of the molecule is CC(C)CCNc1ccc(NS(=O)(=O)c2ccc(C(C)C)cc2)nn1. The lowest BCUT2D eigenvalue weighted by Crippen LogP contribution is -2.15. The Labute approximate surface area is 150 Å². The van der Waals surface area contributed by atoms with Gasteiger partial charge in [-0.15, -0.1) is 10.2 Å². The van der Waals surface area contributed by atoms with Crippen LogP contribution in [0.15, 0.2) is 41.3 Å². The maximum absolute atomic E-state index is 12.4. The quantitative estimate of drug-likeness (QED) is 0.745. The third-order valence-corrected chi connectivity index (χ3v) is 5.16. The molecule has 0 aliphatic carbocycles. The van der Waals surface area contributed by atoms with Crippen molar-refractivity contribution in [3.05, 3.63) is 42.0 Å². The second-order valence-electron chi connectivity index (χ2n) is 6.74. The lowest BCUT2D eigenvalue weighted by atomic mass is 10.0. The Hall–Kier alpha value is -2.15. The summed E-state index contributed by atoms with van der Waals surface area (Å²) < 4.78 is 27.3. The third kappa shape index (κ3) is 5.70. The minimum Gasteiger partial charge on any atom is -0.369 e. The van der Waals surface area contributed by atoms with Gasteiger partial charge in [-0.25, -0.2) is 8.42 Å². The standard InChI is InChI=1S/C18H26N4O2S/c1-13(2)11-12-19-17-9-10-18(21-20-17)22-25(23,24)16-7-5-15(6-8-16)14(3)4/h5-10,13-14H,11-12H2,1-4H3,(H,19,20)(H,21,22). The predicted octanol–water partition coefficient (Wildman–Crippen LogP) is 3.86. The van der Waals surface area contributed by atoms with Crippen molar-refractivity contribution in [2.75, 3.05) is 16.6 Å². The molecule has 0 amide bonds. The highest BCUT2D eigenvalue weighted by Crippen LogP contribution is 2.19. The lowest BCUT2D eigenvalue weighted by Gasteiger charge is -2.10. The Morgan fingerprint density at radius 3 is 2.04 bits per heavy atom. The molecule has 0 aliphatic heterocycles. The van der Waals surface area contributed by atoms with Crippen LogP contribution in [0.1, 0.15) is 45.6 Å². The first kappa shape index (κ1) is 19.2. The Morgan fingerprint density at radius 2 is 1.52 bits per heavy atom. The number of aromatic nitrogens is 2. The molecular weight excluding hydrogens is 336 g/mol. The summed E-state index contributed by atoms with van der Waals surface area (Å²) in [5.41, 5.74) is 1.09. The van der Waals surface area contributed by atoms with Crippen LogP contribution in [-0.2, 0) is 10.0 Å². The Bertz CT molecular complexity index is 770. The van der Waals surface area contributed by atoms with Crippen molar-refractivity contribution in [1.82, 2.24) is 10.2 Å². The molecule has 0 saturated heterocycles.